The molecule has 0 amide bonds. The molecule has 0 saturated carbocycles. The molecule has 27 heavy (non-hydrogen) atoms. The molecule has 1 fully saturated rings. The Morgan fingerprint density at radius 1 is 0.963 bits per heavy atom. The summed E-state index contributed by atoms with van der Waals surface area (Å²) in [6, 6.07) is 9.77. The molecule has 3 heterocycles. The summed E-state index contributed by atoms with van der Waals surface area (Å²) in [5, 5.41) is 4.24. The highest BCUT2D eigenvalue weighted by Crippen LogP contribution is 2.16. The average Bonchev–Trinajstić information content (AvgIpc) is 3.05. The molecule has 0 atom stereocenters. The third kappa shape index (κ3) is 4.29. The van der Waals surface area contributed by atoms with Crippen molar-refractivity contribution < 1.29 is 8.81 Å². The molecule has 1 aliphatic heterocycles. The SMILES string of the molecule is O=c1oc(-c2ccc(F)cc2)nn1CN1CCN(Cc2ccncc2)CC1. The van der Waals surface area contributed by atoms with Crippen molar-refractivity contribution in [3.63, 3.8) is 0 Å². The zero-order chi connectivity index (χ0) is 18.6. The maximum Gasteiger partial charge on any atom is 0.438 e. The van der Waals surface area contributed by atoms with Crippen LogP contribution in [0.2, 0.25) is 0 Å². The molecule has 0 radical (unpaired) electrons. The van der Waals surface area contributed by atoms with Gasteiger partial charge in [-0.3, -0.25) is 14.8 Å². The van der Waals surface area contributed by atoms with E-state index in [0.29, 0.717) is 12.2 Å². The number of benzene rings is 1. The normalized spacial score (nSPS) is 15.9. The summed E-state index contributed by atoms with van der Waals surface area (Å²) >= 11 is 0. The number of hydrogen-bond acceptors (Lipinski definition) is 6. The van der Waals surface area contributed by atoms with Gasteiger partial charge in [-0.25, -0.2) is 9.18 Å². The van der Waals surface area contributed by atoms with Crippen LogP contribution in [0.15, 0.2) is 58.0 Å². The van der Waals surface area contributed by atoms with Crippen molar-refractivity contribution in [3.8, 4) is 11.5 Å². The minimum absolute atomic E-state index is 0.205. The van der Waals surface area contributed by atoms with Gasteiger partial charge >= 0.3 is 5.76 Å². The molecule has 8 heteroatoms. The number of rotatable bonds is 5. The van der Waals surface area contributed by atoms with Crippen molar-refractivity contribution in [2.45, 2.75) is 13.2 Å². The fourth-order valence-electron chi connectivity index (χ4n) is 3.13. The number of piperazine rings is 1. The van der Waals surface area contributed by atoms with Gasteiger partial charge in [0.1, 0.15) is 12.5 Å². The lowest BCUT2D eigenvalue weighted by atomic mass is 10.2. The molecule has 0 unspecified atom stereocenters. The van der Waals surface area contributed by atoms with Crippen LogP contribution in [0, 0.1) is 5.82 Å². The minimum Gasteiger partial charge on any atom is -0.388 e. The molecular formula is C19H20FN5O2. The molecule has 0 N–H and O–H groups in total. The molecule has 1 saturated heterocycles. The number of halogens is 1. The molecule has 140 valence electrons. The second kappa shape index (κ2) is 7.81. The Hall–Kier alpha value is -2.84. The van der Waals surface area contributed by atoms with E-state index in [4.69, 9.17) is 4.42 Å². The van der Waals surface area contributed by atoms with Crippen LogP contribution in [0.25, 0.3) is 11.5 Å². The third-order valence-electron chi connectivity index (χ3n) is 4.65. The predicted octanol–water partition coefficient (Wildman–Crippen LogP) is 1.81. The smallest absolute Gasteiger partial charge is 0.388 e. The quantitative estimate of drug-likeness (QED) is 0.683. The lowest BCUT2D eigenvalue weighted by Gasteiger charge is -2.34. The average molecular weight is 369 g/mol. The standard InChI is InChI=1S/C19H20FN5O2/c20-17-3-1-16(2-4-17)18-22-25(19(26)27-18)14-24-11-9-23(10-12-24)13-15-5-7-21-8-6-15/h1-8H,9-14H2. The Kier molecular flexibility index (Phi) is 5.08. The lowest BCUT2D eigenvalue weighted by molar-refractivity contribution is 0.0964. The first kappa shape index (κ1) is 17.6. The first-order valence-corrected chi connectivity index (χ1v) is 8.85. The highest BCUT2D eigenvalue weighted by Gasteiger charge is 2.19. The Bertz CT molecular complexity index is 931. The van der Waals surface area contributed by atoms with Gasteiger partial charge in [-0.15, -0.1) is 5.10 Å². The summed E-state index contributed by atoms with van der Waals surface area (Å²) in [6.45, 7) is 4.80. The van der Waals surface area contributed by atoms with Crippen LogP contribution in [-0.4, -0.2) is 50.7 Å². The Morgan fingerprint density at radius 3 is 2.33 bits per heavy atom. The van der Waals surface area contributed by atoms with Crippen molar-refractivity contribution in [1.82, 2.24) is 24.6 Å². The van der Waals surface area contributed by atoms with E-state index in [9.17, 15) is 9.18 Å². The van der Waals surface area contributed by atoms with Gasteiger partial charge in [0.25, 0.3) is 0 Å². The van der Waals surface area contributed by atoms with Gasteiger partial charge in [0.05, 0.1) is 0 Å². The van der Waals surface area contributed by atoms with E-state index in [1.807, 2.05) is 12.1 Å². The summed E-state index contributed by atoms with van der Waals surface area (Å²) in [7, 11) is 0. The number of nitrogens with zero attached hydrogens (tertiary/aromatic N) is 5. The van der Waals surface area contributed by atoms with E-state index in [-0.39, 0.29) is 11.7 Å². The van der Waals surface area contributed by atoms with Crippen LogP contribution < -0.4 is 5.76 Å². The molecule has 0 aliphatic carbocycles. The van der Waals surface area contributed by atoms with E-state index in [0.717, 1.165) is 32.7 Å². The van der Waals surface area contributed by atoms with E-state index in [1.165, 1.54) is 22.4 Å². The number of aromatic nitrogens is 3. The maximum absolute atomic E-state index is 13.0. The molecule has 1 aromatic carbocycles. The lowest BCUT2D eigenvalue weighted by Crippen LogP contribution is -2.47. The van der Waals surface area contributed by atoms with E-state index >= 15 is 0 Å². The fraction of sp³-hybridized carbons (Fsp3) is 0.316. The number of hydrogen-bond donors (Lipinski definition) is 0. The second-order valence-corrected chi connectivity index (χ2v) is 6.57. The number of pyridine rings is 1. The van der Waals surface area contributed by atoms with Crippen LogP contribution in [0.3, 0.4) is 0 Å². The molecule has 1 aliphatic rings. The first-order chi connectivity index (χ1) is 13.2. The topological polar surface area (TPSA) is 67.4 Å². The summed E-state index contributed by atoms with van der Waals surface area (Å²) in [5.41, 5.74) is 1.82. The Balaban J connectivity index is 1.35. The van der Waals surface area contributed by atoms with Gasteiger partial charge in [-0.05, 0) is 42.0 Å². The molecule has 7 nitrogen and oxygen atoms in total. The van der Waals surface area contributed by atoms with Crippen LogP contribution in [0.4, 0.5) is 4.39 Å². The summed E-state index contributed by atoms with van der Waals surface area (Å²) in [5.74, 6) is -0.643. The molecule has 4 rings (SSSR count). The van der Waals surface area contributed by atoms with Crippen LogP contribution in [0.5, 0.6) is 0 Å². The van der Waals surface area contributed by atoms with Crippen molar-refractivity contribution in [2.75, 3.05) is 26.2 Å². The van der Waals surface area contributed by atoms with Crippen molar-refractivity contribution in [2.24, 2.45) is 0 Å². The molecular weight excluding hydrogens is 349 g/mol. The van der Waals surface area contributed by atoms with Gasteiger partial charge in [-0.2, -0.15) is 4.68 Å². The zero-order valence-electron chi connectivity index (χ0n) is 14.8. The Morgan fingerprint density at radius 2 is 1.63 bits per heavy atom. The monoisotopic (exact) mass is 369 g/mol. The van der Waals surface area contributed by atoms with Crippen molar-refractivity contribution in [1.29, 1.82) is 0 Å². The summed E-state index contributed by atoms with van der Waals surface area (Å²) in [6.07, 6.45) is 3.61. The molecule has 0 spiro atoms. The van der Waals surface area contributed by atoms with Gasteiger partial charge in [-0.1, -0.05) is 0 Å². The summed E-state index contributed by atoms with van der Waals surface area (Å²) in [4.78, 5) is 20.7. The highest BCUT2D eigenvalue weighted by atomic mass is 19.1. The van der Waals surface area contributed by atoms with Crippen LogP contribution in [-0.2, 0) is 13.2 Å². The van der Waals surface area contributed by atoms with E-state index < -0.39 is 5.76 Å². The van der Waals surface area contributed by atoms with Crippen LogP contribution >= 0.6 is 0 Å². The van der Waals surface area contributed by atoms with Gasteiger partial charge < -0.3 is 4.42 Å². The second-order valence-electron chi connectivity index (χ2n) is 6.57. The predicted molar refractivity (Wildman–Crippen MR) is 97.2 cm³/mol. The van der Waals surface area contributed by atoms with Gasteiger partial charge in [0.2, 0.25) is 5.89 Å². The minimum atomic E-state index is -0.506. The fourth-order valence-corrected chi connectivity index (χ4v) is 3.13. The van der Waals surface area contributed by atoms with Gasteiger partial charge in [0, 0.05) is 50.7 Å². The largest absolute Gasteiger partial charge is 0.438 e. The maximum atomic E-state index is 13.0. The van der Waals surface area contributed by atoms with Crippen molar-refractivity contribution in [3.05, 3.63) is 70.7 Å². The molecule has 0 bridgehead atoms. The zero-order valence-corrected chi connectivity index (χ0v) is 14.8. The molecule has 2 aromatic heterocycles. The first-order valence-electron chi connectivity index (χ1n) is 8.85. The molecule has 3 aromatic rings. The third-order valence-corrected chi connectivity index (χ3v) is 4.65. The van der Waals surface area contributed by atoms with Crippen molar-refractivity contribution >= 4 is 0 Å². The van der Waals surface area contributed by atoms with E-state index in [1.54, 1.807) is 24.5 Å². The highest BCUT2D eigenvalue weighted by molar-refractivity contribution is 5.51. The van der Waals surface area contributed by atoms with Gasteiger partial charge in [0.15, 0.2) is 0 Å². The van der Waals surface area contributed by atoms with E-state index in [2.05, 4.69) is 19.9 Å². The Labute approximate surface area is 155 Å². The van der Waals surface area contributed by atoms with Crippen LogP contribution in [0.1, 0.15) is 5.56 Å². The summed E-state index contributed by atoms with van der Waals surface area (Å²) < 4.78 is 19.6.